The number of rotatable bonds is 0. The molecule has 0 atom stereocenters. The second-order valence-electron chi connectivity index (χ2n) is 1.54. The van der Waals surface area contributed by atoms with Crippen LogP contribution in [0.1, 0.15) is 6.92 Å². The minimum Gasteiger partial charge on any atom is -0.545 e. The summed E-state index contributed by atoms with van der Waals surface area (Å²) in [7, 11) is 0. The number of hydrogen-bond donors (Lipinski definition) is 1. The molecule has 0 fully saturated rings. The number of carbonyl (C=O) groups is 1. The standard InChI is InChI=1S/C5H5N.C2H4O2.CHO.Zn/c1-2-4-6-5-3-1;1-2(3)4;1-2;/h1-5H;1H3,(H,3,4);1H;/q;;-1;. The third kappa shape index (κ3) is 35.9. The molecule has 0 aliphatic rings. The summed E-state index contributed by atoms with van der Waals surface area (Å²) in [5, 5.41) is 7.42. The third-order valence-electron chi connectivity index (χ3n) is 0.566. The van der Waals surface area contributed by atoms with Crippen LogP contribution in [0.15, 0.2) is 30.6 Å². The van der Waals surface area contributed by atoms with Gasteiger partial charge in [0.15, 0.2) is 0 Å². The van der Waals surface area contributed by atoms with Crippen molar-refractivity contribution in [3.63, 3.8) is 0 Å². The predicted molar refractivity (Wildman–Crippen MR) is 44.3 cm³/mol. The van der Waals surface area contributed by atoms with Gasteiger partial charge in [0.2, 0.25) is 0 Å². The molecule has 0 saturated carbocycles. The van der Waals surface area contributed by atoms with Gasteiger partial charge < -0.3 is 9.90 Å². The van der Waals surface area contributed by atoms with E-state index >= 15 is 0 Å². The van der Waals surface area contributed by atoms with Crippen LogP contribution in [0.5, 0.6) is 0 Å². The number of hydrogen-bond acceptors (Lipinski definition) is 3. The summed E-state index contributed by atoms with van der Waals surface area (Å²) >= 11 is 0. The van der Waals surface area contributed by atoms with Crippen LogP contribution >= 0.6 is 0 Å². The van der Waals surface area contributed by atoms with Crippen molar-refractivity contribution in [2.24, 2.45) is 0 Å². The van der Waals surface area contributed by atoms with Crippen molar-refractivity contribution in [3.8, 4) is 0 Å². The Bertz CT molecular complexity index is 163. The number of pyridine rings is 1. The summed E-state index contributed by atoms with van der Waals surface area (Å²) in [6, 6.07) is 5.72. The van der Waals surface area contributed by atoms with Crippen LogP contribution in [0.3, 0.4) is 0 Å². The maximum atomic E-state index is 9.00. The predicted octanol–water partition coefficient (Wildman–Crippen LogP) is 0.896. The molecule has 0 radical (unpaired) electrons. The van der Waals surface area contributed by atoms with Crippen LogP contribution in [0, 0.1) is 0 Å². The summed E-state index contributed by atoms with van der Waals surface area (Å²) in [5.41, 5.74) is 0. The van der Waals surface area contributed by atoms with E-state index in [1.807, 2.05) is 18.2 Å². The molecule has 0 aliphatic heterocycles. The van der Waals surface area contributed by atoms with Crippen molar-refractivity contribution < 1.29 is 34.2 Å². The molecule has 0 spiro atoms. The van der Waals surface area contributed by atoms with Gasteiger partial charge in [0.25, 0.3) is 5.97 Å². The van der Waals surface area contributed by atoms with E-state index in [4.69, 9.17) is 14.7 Å². The van der Waals surface area contributed by atoms with Gasteiger partial charge >= 0.3 is 0 Å². The summed E-state index contributed by atoms with van der Waals surface area (Å²) in [5.74, 6) is -0.833. The maximum absolute atomic E-state index is 9.00. The van der Waals surface area contributed by atoms with E-state index in [0.29, 0.717) is 0 Å². The first-order valence-corrected chi connectivity index (χ1v) is 3.01. The maximum Gasteiger partial charge on any atom is 0.300 e. The summed E-state index contributed by atoms with van der Waals surface area (Å²) in [4.78, 5) is 20.5. The van der Waals surface area contributed by atoms with Crippen molar-refractivity contribution in [1.82, 2.24) is 4.98 Å². The Kier molecular flexibility index (Phi) is 23.5. The normalized spacial score (nSPS) is 5.92. The van der Waals surface area contributed by atoms with E-state index in [1.54, 1.807) is 12.4 Å². The van der Waals surface area contributed by atoms with Crippen molar-refractivity contribution in [2.75, 3.05) is 0 Å². The van der Waals surface area contributed by atoms with Gasteiger partial charge in [-0.25, -0.2) is 0 Å². The summed E-state index contributed by atoms with van der Waals surface area (Å²) < 4.78 is 0. The smallest absolute Gasteiger partial charge is 0.300 e. The molecular formula is C8H10NO3Zn-. The first kappa shape index (κ1) is 17.9. The molecule has 0 saturated heterocycles. The fourth-order valence-electron chi connectivity index (χ4n) is 0.313. The number of carbonyl (C=O) groups excluding carboxylic acids is 1. The Balaban J connectivity index is -0.000000128. The quantitative estimate of drug-likeness (QED) is 0.411. The number of carboxylic acids is 1. The van der Waals surface area contributed by atoms with E-state index in [1.165, 1.54) is 0 Å². The van der Waals surface area contributed by atoms with E-state index in [9.17, 15) is 0 Å². The molecule has 1 heterocycles. The molecule has 13 heavy (non-hydrogen) atoms. The van der Waals surface area contributed by atoms with Crippen LogP contribution in [0.2, 0.25) is 0 Å². The van der Waals surface area contributed by atoms with Crippen molar-refractivity contribution in [3.05, 3.63) is 30.6 Å². The zero-order valence-corrected chi connectivity index (χ0v) is 10.3. The van der Waals surface area contributed by atoms with Crippen molar-refractivity contribution in [2.45, 2.75) is 6.92 Å². The Morgan fingerprint density at radius 3 is 1.62 bits per heavy atom. The average molecular weight is 234 g/mol. The molecule has 1 N–H and O–H groups in total. The minimum absolute atomic E-state index is 0. The zero-order valence-electron chi connectivity index (χ0n) is 7.38. The molecule has 5 heteroatoms. The molecule has 0 aliphatic carbocycles. The summed E-state index contributed by atoms with van der Waals surface area (Å²) in [6.45, 7) is 4.33. The summed E-state index contributed by atoms with van der Waals surface area (Å²) in [6.07, 6.45) is 3.50. The van der Waals surface area contributed by atoms with Crippen LogP contribution < -0.4 is 0 Å². The molecule has 0 unspecified atom stereocenters. The molecule has 4 nitrogen and oxygen atoms in total. The van der Waals surface area contributed by atoms with Gasteiger partial charge in [0.1, 0.15) is 0 Å². The van der Waals surface area contributed by atoms with Gasteiger partial charge in [0.05, 0.1) is 0 Å². The van der Waals surface area contributed by atoms with Crippen molar-refractivity contribution >= 4 is 12.8 Å². The van der Waals surface area contributed by atoms with E-state index in [0.717, 1.165) is 6.92 Å². The fraction of sp³-hybridized carbons (Fsp3) is 0.125. The Labute approximate surface area is 89.8 Å². The average Bonchev–Trinajstić information content (AvgIpc) is 2.10. The molecule has 0 amide bonds. The Morgan fingerprint density at radius 1 is 1.23 bits per heavy atom. The number of aromatic nitrogens is 1. The molecule has 1 aromatic heterocycles. The van der Waals surface area contributed by atoms with Crippen LogP contribution in [0.25, 0.3) is 0 Å². The van der Waals surface area contributed by atoms with Crippen LogP contribution in [-0.2, 0) is 29.1 Å². The number of nitrogens with zero attached hydrogens (tertiary/aromatic N) is 1. The topological polar surface area (TPSA) is 67.3 Å². The van der Waals surface area contributed by atoms with E-state index in [-0.39, 0.29) is 19.5 Å². The van der Waals surface area contributed by atoms with Gasteiger partial charge in [-0.15, -0.1) is 0 Å². The van der Waals surface area contributed by atoms with Crippen LogP contribution in [0.4, 0.5) is 0 Å². The Morgan fingerprint density at radius 2 is 1.54 bits per heavy atom. The van der Waals surface area contributed by atoms with E-state index < -0.39 is 5.97 Å². The number of carboxylic acid groups (broad SMARTS) is 1. The first-order valence-electron chi connectivity index (χ1n) is 3.01. The largest absolute Gasteiger partial charge is 0.545 e. The van der Waals surface area contributed by atoms with Crippen LogP contribution in [-0.4, -0.2) is 22.8 Å². The second-order valence-corrected chi connectivity index (χ2v) is 1.54. The van der Waals surface area contributed by atoms with E-state index in [2.05, 4.69) is 11.8 Å². The molecule has 1 rings (SSSR count). The van der Waals surface area contributed by atoms with Gasteiger partial charge in [-0.05, 0) is 12.1 Å². The first-order chi connectivity index (χ1) is 5.73. The molecular weight excluding hydrogens is 223 g/mol. The SMILES string of the molecule is CC(=O)O.[CH-]=O.[Zn].c1ccncc1. The monoisotopic (exact) mass is 232 g/mol. The van der Waals surface area contributed by atoms with Gasteiger partial charge in [-0.3, -0.25) is 16.6 Å². The van der Waals surface area contributed by atoms with Gasteiger partial charge in [-0.1, -0.05) is 6.07 Å². The molecule has 1 aromatic rings. The number of aliphatic carboxylic acids is 1. The van der Waals surface area contributed by atoms with Crippen molar-refractivity contribution in [1.29, 1.82) is 0 Å². The molecule has 68 valence electrons. The Hall–Kier alpha value is -1.09. The minimum atomic E-state index is -0.833. The van der Waals surface area contributed by atoms with Gasteiger partial charge in [-0.2, -0.15) is 0 Å². The van der Waals surface area contributed by atoms with Gasteiger partial charge in [0, 0.05) is 38.8 Å². The zero-order chi connectivity index (χ0) is 9.82. The third-order valence-corrected chi connectivity index (χ3v) is 0.566. The second kappa shape index (κ2) is 17.1. The molecule has 0 aromatic carbocycles. The fourth-order valence-corrected chi connectivity index (χ4v) is 0.313. The molecule has 0 bridgehead atoms.